The molecule has 7 amide bonds. The summed E-state index contributed by atoms with van der Waals surface area (Å²) in [6, 6.07) is 10.3. The number of unbranched alkanes of at least 4 members (excludes halogenated alkanes) is 2. The van der Waals surface area contributed by atoms with Crippen LogP contribution in [0.4, 0.5) is 34.8 Å². The fraction of sp³-hybridized carbons (Fsp3) is 0.431. The number of pyridine rings is 2. The van der Waals surface area contributed by atoms with E-state index in [1.807, 2.05) is 30.7 Å². The summed E-state index contributed by atoms with van der Waals surface area (Å²) in [6.07, 6.45) is -0.172. The van der Waals surface area contributed by atoms with Gasteiger partial charge in [-0.1, -0.05) is 18.6 Å². The molecule has 6 heterocycles. The molecule has 73 heavy (non-hydrogen) atoms. The quantitative estimate of drug-likeness (QED) is 0.0722. The number of alkyl halides is 3. The summed E-state index contributed by atoms with van der Waals surface area (Å²) in [6.45, 7) is 6.87. The van der Waals surface area contributed by atoms with E-state index < -0.39 is 64.3 Å². The number of hydrogen-bond donors (Lipinski definition) is 4. The number of rotatable bonds is 15. The minimum atomic E-state index is -5.00. The van der Waals surface area contributed by atoms with Crippen LogP contribution in [0, 0.1) is 5.82 Å². The predicted molar refractivity (Wildman–Crippen MR) is 260 cm³/mol. The average Bonchev–Trinajstić information content (AvgIpc) is 3.61. The third kappa shape index (κ3) is 11.4. The summed E-state index contributed by atoms with van der Waals surface area (Å²) in [7, 11) is 1.96. The summed E-state index contributed by atoms with van der Waals surface area (Å²) in [5, 5.41) is 7.62. The van der Waals surface area contributed by atoms with Crippen LogP contribution in [0.2, 0.25) is 0 Å². The number of carbonyl (C=O) groups excluding carboxylic acids is 7. The van der Waals surface area contributed by atoms with Crippen LogP contribution in [0.25, 0.3) is 11.1 Å². The first-order valence-corrected chi connectivity index (χ1v) is 24.3. The Bertz CT molecular complexity index is 2870. The lowest BCUT2D eigenvalue weighted by molar-refractivity contribution is -0.138. The number of benzene rings is 2. The van der Waals surface area contributed by atoms with Gasteiger partial charge in [-0.2, -0.15) is 13.2 Å². The highest BCUT2D eigenvalue weighted by Crippen LogP contribution is 2.38. The molecule has 4 aliphatic heterocycles. The molecule has 2 aromatic heterocycles. The molecule has 0 saturated carbocycles. The SMILES string of the molecule is C[C@@H]1CN(c2cc(F)c(-c3ccc(N4CCN(C(=O)CCC(=O)NCCCCCc5cccc6c5C(=O)N(C5CCC(=O)NC5=O)C6=O)CC4)nc3)cc2NC(=O)c2c[nH]c(=O)cc2C(F)(F)F)C[C@H](C)N1C. The Morgan fingerprint density at radius 2 is 1.59 bits per heavy atom. The summed E-state index contributed by atoms with van der Waals surface area (Å²) in [5.74, 6) is -3.87. The van der Waals surface area contributed by atoms with Crippen molar-refractivity contribution in [3.63, 3.8) is 0 Å². The topological polar surface area (TPSA) is 218 Å². The number of amides is 7. The van der Waals surface area contributed by atoms with E-state index in [1.54, 1.807) is 35.2 Å². The normalized spacial score (nSPS) is 19.5. The van der Waals surface area contributed by atoms with Crippen LogP contribution in [0.15, 0.2) is 65.7 Å². The van der Waals surface area contributed by atoms with Crippen LogP contribution in [0.3, 0.4) is 0 Å². The van der Waals surface area contributed by atoms with Gasteiger partial charge in [0.15, 0.2) is 0 Å². The molecule has 2 aromatic carbocycles. The van der Waals surface area contributed by atoms with Crippen molar-refractivity contribution < 1.29 is 51.1 Å². The van der Waals surface area contributed by atoms with Gasteiger partial charge in [0.2, 0.25) is 29.2 Å². The molecule has 8 rings (SSSR count). The first-order chi connectivity index (χ1) is 34.8. The van der Waals surface area contributed by atoms with E-state index in [0.29, 0.717) is 101 Å². The van der Waals surface area contributed by atoms with Gasteiger partial charge in [-0.3, -0.25) is 53.5 Å². The van der Waals surface area contributed by atoms with E-state index in [9.17, 15) is 51.5 Å². The van der Waals surface area contributed by atoms with Gasteiger partial charge in [0.1, 0.15) is 17.7 Å². The van der Waals surface area contributed by atoms with Crippen LogP contribution in [0.5, 0.6) is 0 Å². The molecule has 0 bridgehead atoms. The van der Waals surface area contributed by atoms with Crippen molar-refractivity contribution in [3.05, 3.63) is 105 Å². The number of H-pyrrole nitrogens is 1. The molecule has 4 aromatic rings. The standard InChI is InChI=1S/C51H56F4N10O8/c1-29-27-64(28-30(2)61(29)3)40-24-37(52)34(22-38(40)59-47(70)35-26-58-44(68)23-36(35)51(53,54)55)32-11-13-41(57-25-32)62-18-20-63(21-19-62)45(69)16-15-42(66)56-17-6-4-5-8-31-9-7-10-33-46(31)50(73)65(49(33)72)39-12-14-43(67)60-48(39)71/h7,9-11,13,22-26,29-30,39H,4-6,8,12,14-21,27-28H2,1-3H3,(H,56,66)(H,58,68)(H,59,70)(H,60,67,71)/t29-,30+,39?. The second-order valence-corrected chi connectivity index (χ2v) is 18.9. The number of carbonyl (C=O) groups is 7. The summed E-state index contributed by atoms with van der Waals surface area (Å²) < 4.78 is 58.0. The molecular weight excluding hydrogens is 957 g/mol. The van der Waals surface area contributed by atoms with Gasteiger partial charge in [0.05, 0.1) is 33.6 Å². The van der Waals surface area contributed by atoms with Crippen molar-refractivity contribution in [1.29, 1.82) is 0 Å². The number of aromatic nitrogens is 2. The van der Waals surface area contributed by atoms with Crippen LogP contribution in [0.1, 0.15) is 101 Å². The molecule has 4 N–H and O–H groups in total. The number of anilines is 3. The monoisotopic (exact) mass is 1010 g/mol. The Labute approximate surface area is 417 Å². The highest BCUT2D eigenvalue weighted by atomic mass is 19.4. The van der Waals surface area contributed by atoms with Gasteiger partial charge < -0.3 is 30.3 Å². The van der Waals surface area contributed by atoms with E-state index in [2.05, 4.69) is 30.8 Å². The van der Waals surface area contributed by atoms with Crippen molar-refractivity contribution >= 4 is 58.5 Å². The molecule has 386 valence electrons. The average molecular weight is 1010 g/mol. The third-order valence-corrected chi connectivity index (χ3v) is 14.1. The molecule has 3 fully saturated rings. The fourth-order valence-electron chi connectivity index (χ4n) is 9.85. The highest BCUT2D eigenvalue weighted by molar-refractivity contribution is 6.24. The lowest BCUT2D eigenvalue weighted by Gasteiger charge is -2.44. The number of piperidine rings is 1. The number of piperazine rings is 2. The Morgan fingerprint density at radius 3 is 2.27 bits per heavy atom. The molecule has 1 unspecified atom stereocenters. The molecule has 18 nitrogen and oxygen atoms in total. The number of nitrogens with zero attached hydrogens (tertiary/aromatic N) is 6. The number of likely N-dealkylation sites (N-methyl/N-ethyl adjacent to an activating group) is 1. The second-order valence-electron chi connectivity index (χ2n) is 18.9. The van der Waals surface area contributed by atoms with Crippen LogP contribution < -0.4 is 31.3 Å². The fourth-order valence-corrected chi connectivity index (χ4v) is 9.85. The summed E-state index contributed by atoms with van der Waals surface area (Å²) in [5.41, 5.74) is -1.34. The van der Waals surface area contributed by atoms with Gasteiger partial charge in [0.25, 0.3) is 17.7 Å². The van der Waals surface area contributed by atoms with Crippen LogP contribution >= 0.6 is 0 Å². The van der Waals surface area contributed by atoms with Crippen LogP contribution in [-0.2, 0) is 31.8 Å². The van der Waals surface area contributed by atoms with Gasteiger partial charge >= 0.3 is 6.18 Å². The van der Waals surface area contributed by atoms with E-state index >= 15 is 4.39 Å². The molecule has 3 atom stereocenters. The molecule has 3 saturated heterocycles. The van der Waals surface area contributed by atoms with Gasteiger partial charge in [-0.25, -0.2) is 9.37 Å². The lowest BCUT2D eigenvalue weighted by Crippen LogP contribution is -2.55. The molecule has 4 aliphatic rings. The summed E-state index contributed by atoms with van der Waals surface area (Å²) in [4.78, 5) is 117. The number of aryl methyl sites for hydroxylation is 1. The predicted octanol–water partition coefficient (Wildman–Crippen LogP) is 4.74. The zero-order valence-corrected chi connectivity index (χ0v) is 40.6. The molecule has 0 aliphatic carbocycles. The smallest absolute Gasteiger partial charge is 0.367 e. The van der Waals surface area contributed by atoms with Crippen LogP contribution in [-0.4, -0.2) is 137 Å². The number of halogens is 4. The zero-order chi connectivity index (χ0) is 52.3. The number of aromatic amines is 1. The zero-order valence-electron chi connectivity index (χ0n) is 40.6. The van der Waals surface area contributed by atoms with Crippen molar-refractivity contribution in [2.45, 2.75) is 89.5 Å². The van der Waals surface area contributed by atoms with E-state index in [4.69, 9.17) is 0 Å². The van der Waals surface area contributed by atoms with E-state index in [0.717, 1.165) is 4.90 Å². The number of fused-ring (bicyclic) bond motifs is 1. The van der Waals surface area contributed by atoms with Gasteiger partial charge in [-0.05, 0) is 82.5 Å². The maximum atomic E-state index is 16.2. The highest BCUT2D eigenvalue weighted by Gasteiger charge is 2.45. The Kier molecular flexibility index (Phi) is 15.4. The van der Waals surface area contributed by atoms with Gasteiger partial charge in [-0.15, -0.1) is 0 Å². The van der Waals surface area contributed by atoms with Crippen molar-refractivity contribution in [3.8, 4) is 11.1 Å². The Balaban J connectivity index is 0.807. The minimum absolute atomic E-state index is 0.0102. The largest absolute Gasteiger partial charge is 0.417 e. The lowest BCUT2D eigenvalue weighted by atomic mass is 9.98. The van der Waals surface area contributed by atoms with E-state index in [1.165, 1.54) is 18.3 Å². The maximum absolute atomic E-state index is 16.2. The molecule has 22 heteroatoms. The molecule has 0 spiro atoms. The maximum Gasteiger partial charge on any atom is 0.417 e. The molecular formula is C51H56F4N10O8. The molecule has 0 radical (unpaired) electrons. The first-order valence-electron chi connectivity index (χ1n) is 24.3. The number of nitrogens with one attached hydrogen (secondary N) is 4. The van der Waals surface area contributed by atoms with Crippen molar-refractivity contribution in [1.82, 2.24) is 35.3 Å². The Hall–Kier alpha value is -7.49. The number of hydrogen-bond acceptors (Lipinski definition) is 12. The van der Waals surface area contributed by atoms with Gasteiger partial charge in [0, 0.05) is 107 Å². The van der Waals surface area contributed by atoms with Crippen molar-refractivity contribution in [2.24, 2.45) is 0 Å². The second kappa shape index (κ2) is 21.7. The third-order valence-electron chi connectivity index (χ3n) is 14.1. The minimum Gasteiger partial charge on any atom is -0.367 e. The van der Waals surface area contributed by atoms with Crippen molar-refractivity contribution in [2.75, 3.05) is 68.0 Å². The summed E-state index contributed by atoms with van der Waals surface area (Å²) >= 11 is 0. The number of imide groups is 2. The first kappa shape index (κ1) is 51.9. The van der Waals surface area contributed by atoms with E-state index in [-0.39, 0.29) is 77.6 Å². The Morgan fingerprint density at radius 1 is 0.849 bits per heavy atom.